The monoisotopic (exact) mass is 276 g/mol. The molecular weight excluding hydrogens is 263 g/mol. The topological polar surface area (TPSA) is 75.3 Å². The van der Waals surface area contributed by atoms with Gasteiger partial charge in [0.2, 0.25) is 17.7 Å². The third-order valence-electron chi connectivity index (χ3n) is 3.85. The van der Waals surface area contributed by atoms with E-state index in [1.807, 2.05) is 0 Å². The molecule has 1 saturated heterocycles. The van der Waals surface area contributed by atoms with Gasteiger partial charge in [-0.1, -0.05) is 18.2 Å². The maximum atomic E-state index is 13.8. The zero-order valence-electron chi connectivity index (χ0n) is 10.6. The fourth-order valence-corrected chi connectivity index (χ4v) is 2.56. The maximum absolute atomic E-state index is 13.8. The molecule has 104 valence electrons. The van der Waals surface area contributed by atoms with Crippen LogP contribution in [0.4, 0.5) is 4.39 Å². The third-order valence-corrected chi connectivity index (χ3v) is 3.85. The first-order valence-corrected chi connectivity index (χ1v) is 6.42. The van der Waals surface area contributed by atoms with E-state index < -0.39 is 35.0 Å². The van der Waals surface area contributed by atoms with Gasteiger partial charge in [-0.15, -0.1) is 0 Å². The second kappa shape index (κ2) is 4.40. The normalized spacial score (nSPS) is 23.4. The summed E-state index contributed by atoms with van der Waals surface area (Å²) in [5.41, 5.74) is -0.542. The van der Waals surface area contributed by atoms with Crippen molar-refractivity contribution in [2.45, 2.75) is 30.7 Å². The van der Waals surface area contributed by atoms with Crippen LogP contribution in [0, 0.1) is 5.82 Å². The van der Waals surface area contributed by atoms with Crippen molar-refractivity contribution in [2.75, 3.05) is 0 Å². The van der Waals surface area contributed by atoms with Crippen LogP contribution in [0.2, 0.25) is 0 Å². The molecule has 1 aliphatic carbocycles. The third kappa shape index (κ3) is 1.97. The fraction of sp³-hybridized carbons (Fsp3) is 0.357. The first-order chi connectivity index (χ1) is 9.53. The molecule has 20 heavy (non-hydrogen) atoms. The predicted molar refractivity (Wildman–Crippen MR) is 67.0 cm³/mol. The molecule has 2 aliphatic rings. The molecule has 1 saturated carbocycles. The van der Waals surface area contributed by atoms with Crippen LogP contribution >= 0.6 is 0 Å². The molecule has 6 heteroatoms. The van der Waals surface area contributed by atoms with Gasteiger partial charge in [0.15, 0.2) is 0 Å². The van der Waals surface area contributed by atoms with E-state index in [1.54, 1.807) is 18.2 Å². The summed E-state index contributed by atoms with van der Waals surface area (Å²) in [4.78, 5) is 34.9. The summed E-state index contributed by atoms with van der Waals surface area (Å²) < 4.78 is 13.8. The Balaban J connectivity index is 1.79. The van der Waals surface area contributed by atoms with Gasteiger partial charge in [0.25, 0.3) is 0 Å². The van der Waals surface area contributed by atoms with E-state index in [1.165, 1.54) is 6.07 Å². The number of hydrogen-bond donors (Lipinski definition) is 2. The number of benzene rings is 1. The minimum absolute atomic E-state index is 0.0576. The molecule has 3 amide bonds. The summed E-state index contributed by atoms with van der Waals surface area (Å²) in [7, 11) is 0. The lowest BCUT2D eigenvalue weighted by Gasteiger charge is -2.18. The lowest BCUT2D eigenvalue weighted by Crippen LogP contribution is -2.45. The van der Waals surface area contributed by atoms with E-state index in [-0.39, 0.29) is 6.42 Å². The molecule has 2 N–H and O–H groups in total. The molecule has 1 aromatic carbocycles. The molecule has 1 atom stereocenters. The number of halogens is 1. The van der Waals surface area contributed by atoms with E-state index in [2.05, 4.69) is 10.6 Å². The first-order valence-electron chi connectivity index (χ1n) is 6.42. The number of imide groups is 1. The van der Waals surface area contributed by atoms with Crippen LogP contribution in [0.1, 0.15) is 24.8 Å². The highest BCUT2D eigenvalue weighted by Gasteiger charge is 2.53. The fourth-order valence-electron chi connectivity index (χ4n) is 2.56. The molecule has 5 nitrogen and oxygen atoms in total. The van der Waals surface area contributed by atoms with Crippen LogP contribution in [-0.2, 0) is 19.8 Å². The molecule has 0 bridgehead atoms. The van der Waals surface area contributed by atoms with Gasteiger partial charge in [-0.25, -0.2) is 4.39 Å². The van der Waals surface area contributed by atoms with Gasteiger partial charge in [0.05, 0.1) is 11.8 Å². The zero-order valence-corrected chi connectivity index (χ0v) is 10.6. The highest BCUT2D eigenvalue weighted by atomic mass is 19.1. The molecule has 0 spiro atoms. The predicted octanol–water partition coefficient (Wildman–Crippen LogP) is 0.389. The van der Waals surface area contributed by atoms with Crippen molar-refractivity contribution in [1.29, 1.82) is 0 Å². The van der Waals surface area contributed by atoms with Crippen molar-refractivity contribution in [3.05, 3.63) is 35.6 Å². The van der Waals surface area contributed by atoms with Gasteiger partial charge < -0.3 is 5.32 Å². The number of amides is 3. The number of rotatable bonds is 3. The Bertz CT molecular complexity index is 610. The van der Waals surface area contributed by atoms with E-state index in [0.29, 0.717) is 18.4 Å². The van der Waals surface area contributed by atoms with Gasteiger partial charge in [0.1, 0.15) is 11.9 Å². The molecule has 1 heterocycles. The summed E-state index contributed by atoms with van der Waals surface area (Å²) in [5, 5.41) is 4.68. The van der Waals surface area contributed by atoms with E-state index in [0.717, 1.165) is 0 Å². The highest BCUT2D eigenvalue weighted by Crippen LogP contribution is 2.49. The van der Waals surface area contributed by atoms with Crippen molar-refractivity contribution >= 4 is 17.7 Å². The molecule has 2 fully saturated rings. The number of nitrogens with one attached hydrogen (secondary N) is 2. The Morgan fingerprint density at radius 3 is 2.55 bits per heavy atom. The van der Waals surface area contributed by atoms with Crippen LogP contribution in [0.15, 0.2) is 24.3 Å². The lowest BCUT2D eigenvalue weighted by atomic mass is 9.94. The van der Waals surface area contributed by atoms with Gasteiger partial charge >= 0.3 is 0 Å². The van der Waals surface area contributed by atoms with Crippen LogP contribution in [-0.4, -0.2) is 23.8 Å². The standard InChI is InChI=1S/C14H13FN2O3/c15-9-4-2-1-3-8(9)14(5-6-14)13(20)16-10-7-11(18)17-12(10)19/h1-4,10H,5-7H2,(H,16,20)(H,17,18,19). The van der Waals surface area contributed by atoms with Crippen LogP contribution in [0.3, 0.4) is 0 Å². The second-order valence-electron chi connectivity index (χ2n) is 5.20. The van der Waals surface area contributed by atoms with E-state index in [4.69, 9.17) is 0 Å². The van der Waals surface area contributed by atoms with Gasteiger partial charge in [-0.3, -0.25) is 19.7 Å². The smallest absolute Gasteiger partial charge is 0.249 e. The number of hydrogen-bond acceptors (Lipinski definition) is 3. The Morgan fingerprint density at radius 1 is 1.30 bits per heavy atom. The number of carbonyl (C=O) groups excluding carboxylic acids is 3. The summed E-state index contributed by atoms with van der Waals surface area (Å²) in [6.45, 7) is 0. The largest absolute Gasteiger partial charge is 0.343 e. The van der Waals surface area contributed by atoms with Crippen molar-refractivity contribution in [2.24, 2.45) is 0 Å². The Hall–Kier alpha value is -2.24. The molecule has 1 aliphatic heterocycles. The minimum Gasteiger partial charge on any atom is -0.343 e. The van der Waals surface area contributed by atoms with Crippen molar-refractivity contribution in [3.63, 3.8) is 0 Å². The Morgan fingerprint density at radius 2 is 2.00 bits per heavy atom. The quantitative estimate of drug-likeness (QED) is 0.784. The van der Waals surface area contributed by atoms with Crippen LogP contribution in [0.25, 0.3) is 0 Å². The highest BCUT2D eigenvalue weighted by molar-refractivity contribution is 6.07. The maximum Gasteiger partial charge on any atom is 0.249 e. The molecule has 1 aromatic rings. The first kappa shape index (κ1) is 12.8. The molecule has 1 unspecified atom stereocenters. The second-order valence-corrected chi connectivity index (χ2v) is 5.20. The average Bonchev–Trinajstić information content (AvgIpc) is 3.13. The van der Waals surface area contributed by atoms with Crippen molar-refractivity contribution in [1.82, 2.24) is 10.6 Å². The lowest BCUT2D eigenvalue weighted by molar-refractivity contribution is -0.129. The molecule has 0 radical (unpaired) electrons. The summed E-state index contributed by atoms with van der Waals surface area (Å²) in [6, 6.07) is 5.29. The van der Waals surface area contributed by atoms with Gasteiger partial charge in [0, 0.05) is 5.56 Å². The van der Waals surface area contributed by atoms with Crippen molar-refractivity contribution < 1.29 is 18.8 Å². The molecule has 0 aromatic heterocycles. The Kier molecular flexibility index (Phi) is 2.81. The summed E-state index contributed by atoms with van der Waals surface area (Å²) >= 11 is 0. The number of carbonyl (C=O) groups is 3. The van der Waals surface area contributed by atoms with E-state index in [9.17, 15) is 18.8 Å². The minimum atomic E-state index is -0.892. The molecular formula is C14H13FN2O3. The van der Waals surface area contributed by atoms with Crippen LogP contribution < -0.4 is 10.6 Å². The summed E-state index contributed by atoms with van der Waals surface area (Å²) in [6.07, 6.45) is 1.03. The summed E-state index contributed by atoms with van der Waals surface area (Å²) in [5.74, 6) is -1.73. The molecule has 3 rings (SSSR count). The Labute approximate surface area is 114 Å². The average molecular weight is 276 g/mol. The zero-order chi connectivity index (χ0) is 14.3. The van der Waals surface area contributed by atoms with Gasteiger partial charge in [-0.2, -0.15) is 0 Å². The van der Waals surface area contributed by atoms with E-state index >= 15 is 0 Å². The van der Waals surface area contributed by atoms with Crippen LogP contribution in [0.5, 0.6) is 0 Å². The SMILES string of the molecule is O=C1CC(NC(=O)C2(c3ccccc3F)CC2)C(=O)N1. The van der Waals surface area contributed by atoms with Crippen molar-refractivity contribution in [3.8, 4) is 0 Å². The van der Waals surface area contributed by atoms with Gasteiger partial charge in [-0.05, 0) is 18.9 Å².